The number of aromatic hydroxyl groups is 1. The second kappa shape index (κ2) is 6.43. The van der Waals surface area contributed by atoms with E-state index in [9.17, 15) is 0 Å². The molecule has 1 N–H and O–H groups in total. The van der Waals surface area contributed by atoms with Crippen LogP contribution >= 0.6 is 12.4 Å². The third kappa shape index (κ3) is 4.79. The molecule has 45 valence electrons. The first-order valence-electron chi connectivity index (χ1n) is 2.13. The van der Waals surface area contributed by atoms with Crippen molar-refractivity contribution >= 4 is 42.0 Å². The van der Waals surface area contributed by atoms with E-state index in [0.29, 0.717) is 5.75 Å². The van der Waals surface area contributed by atoms with E-state index in [1.807, 2.05) is 6.07 Å². The molecule has 0 heterocycles. The molecule has 0 aliphatic heterocycles. The number of para-hydroxylation sites is 1. The van der Waals surface area contributed by atoms with Crippen LogP contribution in [0.2, 0.25) is 0 Å². The smallest absolute Gasteiger partial charge is 0.115 e. The largest absolute Gasteiger partial charge is 0.508 e. The Morgan fingerprint density at radius 3 is 1.67 bits per heavy atom. The van der Waals surface area contributed by atoms with Crippen molar-refractivity contribution in [2.75, 3.05) is 0 Å². The molecule has 0 saturated carbocycles. The summed E-state index contributed by atoms with van der Waals surface area (Å²) in [5.41, 5.74) is 0. The third-order valence-corrected chi connectivity index (χ3v) is 0.756. The summed E-state index contributed by atoms with van der Waals surface area (Å²) in [6.07, 6.45) is 0. The maximum absolute atomic E-state index is 8.63. The van der Waals surface area contributed by atoms with Crippen LogP contribution in [-0.2, 0) is 0 Å². The van der Waals surface area contributed by atoms with Gasteiger partial charge in [-0.15, -0.1) is 12.4 Å². The molecule has 1 aromatic carbocycles. The van der Waals surface area contributed by atoms with Crippen LogP contribution in [0, 0.1) is 0 Å². The molecule has 0 spiro atoms. The summed E-state index contributed by atoms with van der Waals surface area (Å²) in [6, 6.07) is 8.71. The van der Waals surface area contributed by atoms with Gasteiger partial charge in [0.05, 0.1) is 0 Å². The van der Waals surface area contributed by atoms with Crippen LogP contribution in [0.15, 0.2) is 30.3 Å². The van der Waals surface area contributed by atoms with Crippen molar-refractivity contribution in [3.63, 3.8) is 0 Å². The summed E-state index contributed by atoms with van der Waals surface area (Å²) in [7, 11) is 0. The van der Waals surface area contributed by atoms with Crippen LogP contribution in [0.25, 0.3) is 0 Å². The van der Waals surface area contributed by atoms with Gasteiger partial charge in [0.1, 0.15) is 5.75 Å². The summed E-state index contributed by atoms with van der Waals surface area (Å²) in [4.78, 5) is 0. The van der Waals surface area contributed by atoms with Crippen LogP contribution in [0.4, 0.5) is 0 Å². The van der Waals surface area contributed by atoms with Crippen molar-refractivity contribution in [2.45, 2.75) is 0 Å². The Balaban J connectivity index is 0. The predicted octanol–water partition coefficient (Wildman–Crippen LogP) is 1.43. The van der Waals surface area contributed by atoms with Crippen molar-refractivity contribution in [3.05, 3.63) is 30.3 Å². The summed E-state index contributed by atoms with van der Waals surface area (Å²) in [5, 5.41) is 8.63. The van der Waals surface area contributed by atoms with E-state index in [1.165, 1.54) is 0 Å². The maximum Gasteiger partial charge on any atom is 0.115 e. The van der Waals surface area contributed by atoms with E-state index < -0.39 is 0 Å². The molecule has 0 aliphatic carbocycles. The van der Waals surface area contributed by atoms with Gasteiger partial charge in [-0.2, -0.15) is 0 Å². The number of phenols is 1. The van der Waals surface area contributed by atoms with Crippen molar-refractivity contribution in [2.24, 2.45) is 0 Å². The first-order valence-corrected chi connectivity index (χ1v) is 2.13. The Morgan fingerprint density at radius 1 is 1.00 bits per heavy atom. The first-order chi connectivity index (χ1) is 3.39. The molecule has 9 heavy (non-hydrogen) atoms. The maximum atomic E-state index is 8.63. The number of hydrogen-bond donors (Lipinski definition) is 1. The molecule has 1 radical (unpaired) electrons. The normalized spacial score (nSPS) is 6.67. The fraction of sp³-hybridized carbons (Fsp3) is 0. The average molecular weight is 154 g/mol. The second-order valence-corrected chi connectivity index (χ2v) is 1.34. The van der Waals surface area contributed by atoms with Gasteiger partial charge in [0.25, 0.3) is 0 Å². The first kappa shape index (κ1) is 12.0. The van der Waals surface area contributed by atoms with E-state index >= 15 is 0 Å². The third-order valence-electron chi connectivity index (χ3n) is 0.756. The van der Waals surface area contributed by atoms with Gasteiger partial charge in [-0.05, 0) is 12.1 Å². The summed E-state index contributed by atoms with van der Waals surface area (Å²) >= 11 is 0. The van der Waals surface area contributed by atoms with Crippen LogP contribution in [0.1, 0.15) is 0 Å². The van der Waals surface area contributed by atoms with Gasteiger partial charge < -0.3 is 5.11 Å². The zero-order valence-electron chi connectivity index (χ0n) is 5.24. The van der Waals surface area contributed by atoms with Crippen LogP contribution in [0.3, 0.4) is 0 Å². The minimum Gasteiger partial charge on any atom is -0.508 e. The zero-order chi connectivity index (χ0) is 5.11. The summed E-state index contributed by atoms with van der Waals surface area (Å²) in [5.74, 6) is 0.322. The molecule has 1 rings (SSSR count). The van der Waals surface area contributed by atoms with Crippen molar-refractivity contribution < 1.29 is 5.11 Å². The molecule has 0 fully saturated rings. The topological polar surface area (TPSA) is 20.2 Å². The molecule has 0 aliphatic rings. The van der Waals surface area contributed by atoms with Gasteiger partial charge in [0.15, 0.2) is 0 Å². The number of phenolic OH excluding ortho intramolecular Hbond substituents is 1. The Bertz CT molecular complexity index is 143. The minimum absolute atomic E-state index is 0. The fourth-order valence-electron chi connectivity index (χ4n) is 0.428. The number of benzene rings is 1. The Morgan fingerprint density at radius 2 is 1.44 bits per heavy atom. The predicted molar refractivity (Wildman–Crippen MR) is 41.1 cm³/mol. The van der Waals surface area contributed by atoms with Gasteiger partial charge in [-0.25, -0.2) is 0 Å². The molecule has 0 atom stereocenters. The molecule has 0 bridgehead atoms. The van der Waals surface area contributed by atoms with Crippen molar-refractivity contribution in [3.8, 4) is 5.75 Å². The van der Waals surface area contributed by atoms with Crippen molar-refractivity contribution in [1.82, 2.24) is 0 Å². The average Bonchev–Trinajstić information content (AvgIpc) is 1.69. The van der Waals surface area contributed by atoms with Gasteiger partial charge in [-0.1, -0.05) is 18.2 Å². The van der Waals surface area contributed by atoms with Crippen LogP contribution < -0.4 is 0 Å². The molecule has 1 nitrogen and oxygen atoms in total. The van der Waals surface area contributed by atoms with Gasteiger partial charge in [-0.3, -0.25) is 0 Å². The Hall–Kier alpha value is 0.310. The Labute approximate surface area is 82.8 Å². The van der Waals surface area contributed by atoms with E-state index in [4.69, 9.17) is 5.11 Å². The summed E-state index contributed by atoms with van der Waals surface area (Å²) in [6.45, 7) is 0. The van der Waals surface area contributed by atoms with E-state index in [0.717, 1.165) is 0 Å². The number of hydrogen-bond acceptors (Lipinski definition) is 1. The number of halogens is 1. The van der Waals surface area contributed by atoms with Gasteiger partial charge in [0.2, 0.25) is 0 Å². The zero-order valence-corrected chi connectivity index (χ0v) is 8.06. The van der Waals surface area contributed by atoms with Crippen molar-refractivity contribution in [1.29, 1.82) is 0 Å². The molecule has 0 unspecified atom stereocenters. The van der Waals surface area contributed by atoms with Gasteiger partial charge >= 0.3 is 0 Å². The molecule has 3 heteroatoms. The molecule has 1 aromatic rings. The quantitative estimate of drug-likeness (QED) is 0.559. The monoisotopic (exact) mass is 153 g/mol. The summed E-state index contributed by atoms with van der Waals surface area (Å²) < 4.78 is 0. The number of rotatable bonds is 0. The van der Waals surface area contributed by atoms with Crippen LogP contribution in [-0.4, -0.2) is 34.7 Å². The fourth-order valence-corrected chi connectivity index (χ4v) is 0.428. The molecule has 0 amide bonds. The standard InChI is InChI=1S/C6H6O.ClH.Na/c7-6-4-2-1-3-5-6;;/h1-5,7H;1H;. The molecular formula is C6H7ClNaO. The van der Waals surface area contributed by atoms with E-state index in [-0.39, 0.29) is 42.0 Å². The Kier molecular flexibility index (Phi) is 8.60. The SMILES string of the molecule is Cl.Oc1ccccc1.[Na]. The second-order valence-electron chi connectivity index (χ2n) is 1.34. The minimum atomic E-state index is 0. The van der Waals surface area contributed by atoms with Crippen LogP contribution in [0.5, 0.6) is 5.75 Å². The molecule has 0 aromatic heterocycles. The molecular weight excluding hydrogens is 147 g/mol. The van der Waals surface area contributed by atoms with Gasteiger partial charge in [0, 0.05) is 29.6 Å². The van der Waals surface area contributed by atoms with E-state index in [1.54, 1.807) is 24.3 Å². The van der Waals surface area contributed by atoms with E-state index in [2.05, 4.69) is 0 Å². The molecule has 0 saturated heterocycles.